The minimum atomic E-state index is -4.58. The lowest BCUT2D eigenvalue weighted by Gasteiger charge is -2.16. The van der Waals surface area contributed by atoms with Crippen LogP contribution in [0.5, 0.6) is 11.5 Å². The van der Waals surface area contributed by atoms with E-state index in [-0.39, 0.29) is 10.8 Å². The fourth-order valence-electron chi connectivity index (χ4n) is 0.753. The molecule has 7 heteroatoms. The maximum Gasteiger partial charge on any atom is 0.461 e. The average molecular weight is 245 g/mol. The first kappa shape index (κ1) is 11.9. The molecule has 0 aliphatic rings. The molecule has 0 spiro atoms. The normalized spacial score (nSPS) is 11.9. The van der Waals surface area contributed by atoms with Gasteiger partial charge in [-0.15, -0.1) is 0 Å². The molecular weight excluding hydrogens is 240 g/mol. The molecule has 1 aromatic rings. The Kier molecular flexibility index (Phi) is 3.28. The van der Waals surface area contributed by atoms with Gasteiger partial charge in [-0.2, -0.15) is 17.6 Å². The lowest BCUT2D eigenvalue weighted by Crippen LogP contribution is -2.33. The Balaban J connectivity index is 2.86. The molecule has 0 unspecified atom stereocenters. The van der Waals surface area contributed by atoms with Crippen LogP contribution in [0.3, 0.4) is 0 Å². The topological polar surface area (TPSA) is 29.5 Å². The first-order valence-electron chi connectivity index (χ1n) is 3.66. The first-order valence-corrected chi connectivity index (χ1v) is 4.04. The fraction of sp³-hybridized carbons (Fsp3) is 0.250. The van der Waals surface area contributed by atoms with Crippen molar-refractivity contribution in [1.29, 1.82) is 0 Å². The van der Waals surface area contributed by atoms with Crippen LogP contribution in [0.2, 0.25) is 5.02 Å². The molecule has 0 bridgehead atoms. The lowest BCUT2D eigenvalue weighted by atomic mass is 10.3. The van der Waals surface area contributed by atoms with Gasteiger partial charge in [0, 0.05) is 6.07 Å². The standard InChI is InChI=1S/C8H5ClF4O2/c9-5-3-4(1-2-6(5)14)15-8(12,13)7(10)11/h1-3,7,14H. The molecule has 2 nitrogen and oxygen atoms in total. The van der Waals surface area contributed by atoms with Gasteiger partial charge in [-0.25, -0.2) is 0 Å². The summed E-state index contributed by atoms with van der Waals surface area (Å²) >= 11 is 5.36. The summed E-state index contributed by atoms with van der Waals surface area (Å²) < 4.78 is 51.9. The summed E-state index contributed by atoms with van der Waals surface area (Å²) in [5.74, 6) is -0.910. The molecule has 1 N–H and O–H groups in total. The largest absolute Gasteiger partial charge is 0.506 e. The Morgan fingerprint density at radius 3 is 2.40 bits per heavy atom. The third-order valence-corrected chi connectivity index (χ3v) is 1.73. The highest BCUT2D eigenvalue weighted by Gasteiger charge is 2.44. The monoisotopic (exact) mass is 244 g/mol. The van der Waals surface area contributed by atoms with E-state index >= 15 is 0 Å². The number of halogens is 5. The molecule has 84 valence electrons. The minimum Gasteiger partial charge on any atom is -0.506 e. The van der Waals surface area contributed by atoms with E-state index in [1.807, 2.05) is 0 Å². The number of benzene rings is 1. The van der Waals surface area contributed by atoms with E-state index < -0.39 is 18.3 Å². The number of rotatable bonds is 3. The quantitative estimate of drug-likeness (QED) is 0.827. The molecule has 0 heterocycles. The van der Waals surface area contributed by atoms with Crippen molar-refractivity contribution in [2.45, 2.75) is 12.5 Å². The highest BCUT2D eigenvalue weighted by molar-refractivity contribution is 6.32. The molecule has 0 amide bonds. The Labute approximate surface area is 87.0 Å². The maximum absolute atomic E-state index is 12.4. The van der Waals surface area contributed by atoms with Crippen LogP contribution in [0.15, 0.2) is 18.2 Å². The van der Waals surface area contributed by atoms with Gasteiger partial charge in [-0.3, -0.25) is 0 Å². The number of phenols is 1. The number of hydrogen-bond donors (Lipinski definition) is 1. The fourth-order valence-corrected chi connectivity index (χ4v) is 0.923. The first-order chi connectivity index (χ1) is 6.83. The van der Waals surface area contributed by atoms with E-state index in [1.165, 1.54) is 0 Å². The van der Waals surface area contributed by atoms with Gasteiger partial charge in [0.1, 0.15) is 11.5 Å². The predicted molar refractivity (Wildman–Crippen MR) is 44.7 cm³/mol. The van der Waals surface area contributed by atoms with Crippen molar-refractivity contribution in [3.63, 3.8) is 0 Å². The Hall–Kier alpha value is -1.17. The van der Waals surface area contributed by atoms with Crippen molar-refractivity contribution < 1.29 is 27.4 Å². The lowest BCUT2D eigenvalue weighted by molar-refractivity contribution is -0.253. The summed E-state index contributed by atoms with van der Waals surface area (Å²) in [7, 11) is 0. The predicted octanol–water partition coefficient (Wildman–Crippen LogP) is 3.28. The third kappa shape index (κ3) is 2.89. The van der Waals surface area contributed by atoms with Crippen molar-refractivity contribution in [1.82, 2.24) is 0 Å². The minimum absolute atomic E-state index is 0.266. The Morgan fingerprint density at radius 1 is 1.33 bits per heavy atom. The zero-order valence-electron chi connectivity index (χ0n) is 7.05. The zero-order chi connectivity index (χ0) is 11.6. The molecule has 1 aromatic carbocycles. The molecule has 0 fully saturated rings. The van der Waals surface area contributed by atoms with Gasteiger partial charge in [0.2, 0.25) is 0 Å². The molecule has 0 saturated carbocycles. The van der Waals surface area contributed by atoms with Gasteiger partial charge < -0.3 is 9.84 Å². The van der Waals surface area contributed by atoms with Crippen molar-refractivity contribution in [2.75, 3.05) is 0 Å². The van der Waals surface area contributed by atoms with E-state index in [2.05, 4.69) is 4.74 Å². The second kappa shape index (κ2) is 4.14. The van der Waals surface area contributed by atoms with Crippen molar-refractivity contribution >= 4 is 11.6 Å². The van der Waals surface area contributed by atoms with Crippen LogP contribution < -0.4 is 4.74 Å². The average Bonchev–Trinajstić information content (AvgIpc) is 2.10. The molecule has 15 heavy (non-hydrogen) atoms. The molecule has 1 rings (SSSR count). The summed E-state index contributed by atoms with van der Waals surface area (Å²) in [5.41, 5.74) is 0. The van der Waals surface area contributed by atoms with E-state index in [0.29, 0.717) is 0 Å². The molecule has 0 radical (unpaired) electrons. The van der Waals surface area contributed by atoms with E-state index in [9.17, 15) is 17.6 Å². The molecule has 0 aliphatic carbocycles. The maximum atomic E-state index is 12.4. The Morgan fingerprint density at radius 2 is 1.93 bits per heavy atom. The van der Waals surface area contributed by atoms with Gasteiger partial charge in [-0.1, -0.05) is 11.6 Å². The van der Waals surface area contributed by atoms with E-state index in [1.54, 1.807) is 0 Å². The van der Waals surface area contributed by atoms with Crippen LogP contribution in [0.25, 0.3) is 0 Å². The van der Waals surface area contributed by atoms with Gasteiger partial charge in [0.25, 0.3) is 0 Å². The molecule has 0 aromatic heterocycles. The van der Waals surface area contributed by atoms with Crippen LogP contribution >= 0.6 is 11.6 Å². The van der Waals surface area contributed by atoms with Crippen molar-refractivity contribution in [3.05, 3.63) is 23.2 Å². The van der Waals surface area contributed by atoms with Crippen molar-refractivity contribution in [2.24, 2.45) is 0 Å². The second-order valence-corrected chi connectivity index (χ2v) is 2.98. The number of phenolic OH excluding ortho intramolecular Hbond substituents is 1. The van der Waals surface area contributed by atoms with Gasteiger partial charge in [0.05, 0.1) is 5.02 Å². The van der Waals surface area contributed by atoms with E-state index in [0.717, 1.165) is 18.2 Å². The molecule has 0 atom stereocenters. The number of aromatic hydroxyl groups is 1. The highest BCUT2D eigenvalue weighted by Crippen LogP contribution is 2.32. The molecular formula is C8H5ClF4O2. The second-order valence-electron chi connectivity index (χ2n) is 2.58. The highest BCUT2D eigenvalue weighted by atomic mass is 35.5. The van der Waals surface area contributed by atoms with Crippen LogP contribution in [0, 0.1) is 0 Å². The van der Waals surface area contributed by atoms with Crippen LogP contribution in [-0.4, -0.2) is 17.6 Å². The number of alkyl halides is 4. The van der Waals surface area contributed by atoms with Gasteiger partial charge in [-0.05, 0) is 12.1 Å². The summed E-state index contributed by atoms with van der Waals surface area (Å²) in [6.07, 6.45) is -8.52. The van der Waals surface area contributed by atoms with E-state index in [4.69, 9.17) is 16.7 Å². The number of hydrogen-bond acceptors (Lipinski definition) is 2. The summed E-state index contributed by atoms with van der Waals surface area (Å²) in [6.45, 7) is 0. The summed E-state index contributed by atoms with van der Waals surface area (Å²) in [5, 5.41) is 8.66. The smallest absolute Gasteiger partial charge is 0.461 e. The van der Waals surface area contributed by atoms with Gasteiger partial charge in [0.15, 0.2) is 0 Å². The summed E-state index contributed by atoms with van der Waals surface area (Å²) in [6, 6.07) is 2.67. The van der Waals surface area contributed by atoms with Crippen LogP contribution in [0.1, 0.15) is 0 Å². The molecule has 0 saturated heterocycles. The zero-order valence-corrected chi connectivity index (χ0v) is 7.81. The van der Waals surface area contributed by atoms with Crippen LogP contribution in [0.4, 0.5) is 17.6 Å². The third-order valence-electron chi connectivity index (χ3n) is 1.43. The number of ether oxygens (including phenoxy) is 1. The van der Waals surface area contributed by atoms with Crippen molar-refractivity contribution in [3.8, 4) is 11.5 Å². The SMILES string of the molecule is Oc1ccc(OC(F)(F)C(F)F)cc1Cl. The summed E-state index contributed by atoms with van der Waals surface area (Å²) in [4.78, 5) is 0. The van der Waals surface area contributed by atoms with Gasteiger partial charge >= 0.3 is 12.5 Å². The van der Waals surface area contributed by atoms with Crippen LogP contribution in [-0.2, 0) is 0 Å². The Bertz CT molecular complexity index is 356. The molecule has 0 aliphatic heterocycles.